The normalized spacial score (nSPS) is 14.6. The molecule has 0 heterocycles. The summed E-state index contributed by atoms with van der Waals surface area (Å²) in [5.74, 6) is 0.198. The van der Waals surface area contributed by atoms with E-state index in [4.69, 9.17) is 4.74 Å². The summed E-state index contributed by atoms with van der Waals surface area (Å²) in [7, 11) is 0. The molecule has 144 valence electrons. The van der Waals surface area contributed by atoms with Crippen LogP contribution in [-0.2, 0) is 16.1 Å². The largest absolute Gasteiger partial charge is 0.376 e. The fourth-order valence-electron chi connectivity index (χ4n) is 2.80. The number of nitrogens with one attached hydrogen (secondary N) is 1. The van der Waals surface area contributed by atoms with Crippen LogP contribution in [0, 0.1) is 11.8 Å². The molecule has 0 aliphatic heterocycles. The number of hydrogen-bond acceptors (Lipinski definition) is 2. The minimum Gasteiger partial charge on any atom is -0.376 e. The number of ether oxygens (including phenoxy) is 1. The second-order valence-electron chi connectivity index (χ2n) is 7.04. The summed E-state index contributed by atoms with van der Waals surface area (Å²) in [5, 5.41) is 3.11. The molecular weight excluding hydrogens is 334 g/mol. The predicted octanol–water partition coefficient (Wildman–Crippen LogP) is 5.30. The Bertz CT molecular complexity index is 697. The molecule has 0 fully saturated rings. The number of hydrogen-bond donors (Lipinski definition) is 1. The summed E-state index contributed by atoms with van der Waals surface area (Å²) in [5.41, 5.74) is 2.31. The summed E-state index contributed by atoms with van der Waals surface area (Å²) in [4.78, 5) is 12.5. The van der Waals surface area contributed by atoms with Crippen molar-refractivity contribution in [3.8, 4) is 0 Å². The van der Waals surface area contributed by atoms with E-state index in [1.54, 1.807) is 0 Å². The fraction of sp³-hybridized carbons (Fsp3) is 0.375. The third-order valence-corrected chi connectivity index (χ3v) is 4.84. The van der Waals surface area contributed by atoms with Crippen molar-refractivity contribution in [2.75, 3.05) is 6.61 Å². The van der Waals surface area contributed by atoms with E-state index < -0.39 is 0 Å². The van der Waals surface area contributed by atoms with E-state index in [9.17, 15) is 4.79 Å². The lowest BCUT2D eigenvalue weighted by Crippen LogP contribution is -2.34. The van der Waals surface area contributed by atoms with Crippen LogP contribution in [-0.4, -0.2) is 12.5 Å². The Labute approximate surface area is 163 Å². The van der Waals surface area contributed by atoms with Gasteiger partial charge in [-0.25, -0.2) is 0 Å². The van der Waals surface area contributed by atoms with E-state index in [1.165, 1.54) is 5.56 Å². The van der Waals surface area contributed by atoms with Crippen molar-refractivity contribution in [3.05, 3.63) is 83.9 Å². The number of carbonyl (C=O) groups is 1. The molecule has 0 aliphatic rings. The van der Waals surface area contributed by atoms with Gasteiger partial charge in [0.15, 0.2) is 0 Å². The van der Waals surface area contributed by atoms with Crippen LogP contribution >= 0.6 is 0 Å². The number of carbonyl (C=O) groups excluding carboxylic acids is 1. The molecule has 1 N–H and O–H groups in total. The quantitative estimate of drug-likeness (QED) is 0.458. The maximum absolute atomic E-state index is 12.5. The molecule has 27 heavy (non-hydrogen) atoms. The number of amides is 1. The summed E-state index contributed by atoms with van der Waals surface area (Å²) >= 11 is 0. The minimum absolute atomic E-state index is 0.0173. The van der Waals surface area contributed by atoms with Gasteiger partial charge in [0.05, 0.1) is 19.3 Å². The van der Waals surface area contributed by atoms with E-state index in [2.05, 4.69) is 36.5 Å². The van der Waals surface area contributed by atoms with Crippen molar-refractivity contribution in [1.29, 1.82) is 0 Å². The zero-order valence-corrected chi connectivity index (χ0v) is 16.6. The van der Waals surface area contributed by atoms with Crippen LogP contribution in [0.5, 0.6) is 0 Å². The third kappa shape index (κ3) is 7.40. The molecule has 2 aromatic rings. The van der Waals surface area contributed by atoms with E-state index in [-0.39, 0.29) is 23.8 Å². The second-order valence-corrected chi connectivity index (χ2v) is 7.04. The van der Waals surface area contributed by atoms with Gasteiger partial charge in [-0.05, 0) is 30.4 Å². The highest BCUT2D eigenvalue weighted by Crippen LogP contribution is 2.17. The van der Waals surface area contributed by atoms with Gasteiger partial charge in [-0.1, -0.05) is 86.7 Å². The standard InChI is InChI=1S/C24H31NO2/c1-19(12-10-11-17-27-18-22-13-6-4-7-14-22)20(2)24(26)25-21(3)23-15-8-5-9-16-23/h4-10,12-16,19-21H,11,17-18H2,1-3H3,(H,25,26)/b12-10+/t19?,20?,21-/m1/s1. The van der Waals surface area contributed by atoms with Crippen molar-refractivity contribution in [2.24, 2.45) is 11.8 Å². The van der Waals surface area contributed by atoms with Crippen LogP contribution in [0.4, 0.5) is 0 Å². The van der Waals surface area contributed by atoms with Gasteiger partial charge < -0.3 is 10.1 Å². The lowest BCUT2D eigenvalue weighted by atomic mass is 9.94. The van der Waals surface area contributed by atoms with Crippen molar-refractivity contribution in [1.82, 2.24) is 5.32 Å². The molecule has 0 saturated heterocycles. The maximum Gasteiger partial charge on any atom is 0.223 e. The monoisotopic (exact) mass is 365 g/mol. The van der Waals surface area contributed by atoms with Gasteiger partial charge in [0.2, 0.25) is 5.91 Å². The highest BCUT2D eigenvalue weighted by atomic mass is 16.5. The molecule has 0 saturated carbocycles. The van der Waals surface area contributed by atoms with Gasteiger partial charge in [0, 0.05) is 5.92 Å². The van der Waals surface area contributed by atoms with Crippen LogP contribution in [0.3, 0.4) is 0 Å². The number of benzene rings is 2. The Kier molecular flexibility index (Phi) is 8.79. The van der Waals surface area contributed by atoms with Crippen molar-refractivity contribution < 1.29 is 9.53 Å². The van der Waals surface area contributed by atoms with Crippen molar-refractivity contribution in [3.63, 3.8) is 0 Å². The summed E-state index contributed by atoms with van der Waals surface area (Å²) in [6, 6.07) is 20.2. The maximum atomic E-state index is 12.5. The molecule has 3 nitrogen and oxygen atoms in total. The Morgan fingerprint density at radius 2 is 1.63 bits per heavy atom. The number of allylic oxidation sites excluding steroid dienone is 1. The van der Waals surface area contributed by atoms with Crippen LogP contribution < -0.4 is 5.32 Å². The highest BCUT2D eigenvalue weighted by molar-refractivity contribution is 5.79. The molecule has 0 spiro atoms. The summed E-state index contributed by atoms with van der Waals surface area (Å²) in [6.45, 7) is 7.40. The van der Waals surface area contributed by atoms with Crippen molar-refractivity contribution >= 4 is 5.91 Å². The third-order valence-electron chi connectivity index (χ3n) is 4.84. The molecule has 0 radical (unpaired) electrons. The van der Waals surface area contributed by atoms with Gasteiger partial charge in [0.25, 0.3) is 0 Å². The van der Waals surface area contributed by atoms with E-state index in [0.29, 0.717) is 13.2 Å². The SMILES string of the molecule is CC(/C=C/CCOCc1ccccc1)C(C)C(=O)N[C@H](C)c1ccccc1. The fourth-order valence-corrected chi connectivity index (χ4v) is 2.80. The molecule has 3 atom stereocenters. The smallest absolute Gasteiger partial charge is 0.223 e. The molecular formula is C24H31NO2. The first kappa shape index (κ1) is 20.9. The molecule has 1 amide bonds. The zero-order chi connectivity index (χ0) is 19.5. The molecule has 2 unspecified atom stereocenters. The molecule has 0 bridgehead atoms. The van der Waals surface area contributed by atoms with E-state index in [0.717, 1.165) is 12.0 Å². The Hall–Kier alpha value is -2.39. The second kappa shape index (κ2) is 11.3. The zero-order valence-electron chi connectivity index (χ0n) is 16.6. The van der Waals surface area contributed by atoms with Gasteiger partial charge in [0.1, 0.15) is 0 Å². The van der Waals surface area contributed by atoms with Gasteiger partial charge in [-0.15, -0.1) is 0 Å². The molecule has 2 rings (SSSR count). The van der Waals surface area contributed by atoms with Crippen LogP contribution in [0.15, 0.2) is 72.8 Å². The van der Waals surface area contributed by atoms with Crippen molar-refractivity contribution in [2.45, 2.75) is 39.8 Å². The molecule has 0 aliphatic carbocycles. The van der Waals surface area contributed by atoms with Gasteiger partial charge in [-0.3, -0.25) is 4.79 Å². The number of rotatable bonds is 10. The summed E-state index contributed by atoms with van der Waals surface area (Å²) in [6.07, 6.45) is 5.08. The minimum atomic E-state index is -0.0716. The van der Waals surface area contributed by atoms with Crippen LogP contribution in [0.2, 0.25) is 0 Å². The molecule has 2 aromatic carbocycles. The Balaban J connectivity index is 1.68. The first-order chi connectivity index (χ1) is 13.1. The van der Waals surface area contributed by atoms with Crippen LogP contribution in [0.1, 0.15) is 44.4 Å². The lowest BCUT2D eigenvalue weighted by molar-refractivity contribution is -0.126. The molecule has 0 aromatic heterocycles. The topological polar surface area (TPSA) is 38.3 Å². The van der Waals surface area contributed by atoms with Gasteiger partial charge in [-0.2, -0.15) is 0 Å². The van der Waals surface area contributed by atoms with E-state index >= 15 is 0 Å². The first-order valence-electron chi connectivity index (χ1n) is 9.71. The lowest BCUT2D eigenvalue weighted by Gasteiger charge is -2.20. The summed E-state index contributed by atoms with van der Waals surface area (Å²) < 4.78 is 5.68. The van der Waals surface area contributed by atoms with E-state index in [1.807, 2.05) is 62.4 Å². The van der Waals surface area contributed by atoms with Gasteiger partial charge >= 0.3 is 0 Å². The Morgan fingerprint density at radius 3 is 2.30 bits per heavy atom. The average Bonchev–Trinajstić information content (AvgIpc) is 2.71. The highest BCUT2D eigenvalue weighted by Gasteiger charge is 2.20. The first-order valence-corrected chi connectivity index (χ1v) is 9.71. The van der Waals surface area contributed by atoms with Crippen LogP contribution in [0.25, 0.3) is 0 Å². The average molecular weight is 366 g/mol. The Morgan fingerprint density at radius 1 is 1.00 bits per heavy atom. The predicted molar refractivity (Wildman–Crippen MR) is 111 cm³/mol. The molecule has 3 heteroatoms.